The van der Waals surface area contributed by atoms with Crippen LogP contribution in [0.4, 0.5) is 0 Å². The smallest absolute Gasteiger partial charge is 0.234 e. The largest absolute Gasteiger partial charge is 0.357 e. The summed E-state index contributed by atoms with van der Waals surface area (Å²) in [5.74, 6) is 1.10. The fourth-order valence-electron chi connectivity index (χ4n) is 4.79. The van der Waals surface area contributed by atoms with Gasteiger partial charge in [-0.3, -0.25) is 14.7 Å². The number of nitrogens with one attached hydrogen (secondary N) is 3. The average Bonchev–Trinajstić information content (AvgIpc) is 3.34. The Morgan fingerprint density at radius 2 is 1.94 bits per heavy atom. The van der Waals surface area contributed by atoms with Gasteiger partial charge in [0.05, 0.1) is 13.1 Å². The van der Waals surface area contributed by atoms with E-state index < -0.39 is 0 Å². The molecule has 1 aromatic rings. The summed E-state index contributed by atoms with van der Waals surface area (Å²) < 4.78 is 0. The number of amides is 1. The molecule has 8 heteroatoms. The molecule has 1 saturated heterocycles. The van der Waals surface area contributed by atoms with E-state index in [1.165, 1.54) is 37.0 Å². The van der Waals surface area contributed by atoms with E-state index in [2.05, 4.69) is 52.2 Å². The minimum absolute atomic E-state index is 0. The summed E-state index contributed by atoms with van der Waals surface area (Å²) in [6, 6.07) is 4.90. The first-order valence-corrected chi connectivity index (χ1v) is 13.1. The number of guanidine groups is 1. The van der Waals surface area contributed by atoms with Gasteiger partial charge in [-0.2, -0.15) is 0 Å². The van der Waals surface area contributed by atoms with Gasteiger partial charge in [0.25, 0.3) is 0 Å². The summed E-state index contributed by atoms with van der Waals surface area (Å²) in [7, 11) is 0. The van der Waals surface area contributed by atoms with Crippen molar-refractivity contribution in [1.82, 2.24) is 20.9 Å². The lowest BCUT2D eigenvalue weighted by molar-refractivity contribution is -0.122. The predicted octanol–water partition coefficient (Wildman–Crippen LogP) is 4.11. The maximum Gasteiger partial charge on any atom is 0.234 e. The van der Waals surface area contributed by atoms with Crippen molar-refractivity contribution in [2.75, 3.05) is 39.3 Å². The molecule has 1 aromatic heterocycles. The Balaban J connectivity index is 0.00000363. The summed E-state index contributed by atoms with van der Waals surface area (Å²) in [5.41, 5.74) is 0.212. The fourth-order valence-corrected chi connectivity index (χ4v) is 5.77. The van der Waals surface area contributed by atoms with Gasteiger partial charge in [-0.05, 0) is 50.5 Å². The van der Waals surface area contributed by atoms with Crippen LogP contribution < -0.4 is 16.0 Å². The van der Waals surface area contributed by atoms with Gasteiger partial charge in [-0.1, -0.05) is 32.3 Å². The molecule has 1 aliphatic carbocycles. The van der Waals surface area contributed by atoms with Crippen molar-refractivity contribution in [1.29, 1.82) is 0 Å². The molecule has 1 amide bonds. The molecule has 0 spiro atoms. The Kier molecular flexibility index (Phi) is 12.3. The van der Waals surface area contributed by atoms with E-state index in [4.69, 9.17) is 4.99 Å². The minimum atomic E-state index is 0. The third-order valence-corrected chi connectivity index (χ3v) is 7.72. The van der Waals surface area contributed by atoms with Crippen LogP contribution in [0.2, 0.25) is 0 Å². The number of aliphatic imine (C=N–C) groups is 1. The molecule has 0 aromatic carbocycles. The lowest BCUT2D eigenvalue weighted by Crippen LogP contribution is -2.50. The molecule has 3 N–H and O–H groups in total. The molecule has 1 saturated carbocycles. The van der Waals surface area contributed by atoms with Crippen molar-refractivity contribution in [3.63, 3.8) is 0 Å². The van der Waals surface area contributed by atoms with Crippen molar-refractivity contribution >= 4 is 47.2 Å². The zero-order chi connectivity index (χ0) is 21.9. The Labute approximate surface area is 215 Å². The molecule has 3 rings (SSSR count). The number of likely N-dealkylation sites (tertiary alicyclic amines) is 1. The molecular weight excluding hydrogens is 533 g/mol. The van der Waals surface area contributed by atoms with Crippen LogP contribution in [0.3, 0.4) is 0 Å². The van der Waals surface area contributed by atoms with E-state index in [1.54, 1.807) is 0 Å². The molecule has 0 radical (unpaired) electrons. The molecule has 0 unspecified atom stereocenters. The standard InChI is InChI=1S/C24H41N5OS.HI/c1-3-14-26-22(30)18-29-15-10-20(11-16-29)28-23(25-4-2)27-19-24(12-6-5-7-13-24)21-9-8-17-31-21;/h8-9,17,20H,3-7,10-16,18-19H2,1-2H3,(H,26,30)(H2,25,27,28);1H. The van der Waals surface area contributed by atoms with E-state index in [0.717, 1.165) is 57.9 Å². The van der Waals surface area contributed by atoms with Gasteiger partial charge in [0, 0.05) is 42.5 Å². The Morgan fingerprint density at radius 3 is 2.56 bits per heavy atom. The lowest BCUT2D eigenvalue weighted by Gasteiger charge is -2.36. The first-order valence-electron chi connectivity index (χ1n) is 12.2. The van der Waals surface area contributed by atoms with Crippen LogP contribution >= 0.6 is 35.3 Å². The number of hydrogen-bond donors (Lipinski definition) is 3. The predicted molar refractivity (Wildman–Crippen MR) is 146 cm³/mol. The van der Waals surface area contributed by atoms with E-state index in [0.29, 0.717) is 12.6 Å². The zero-order valence-corrected chi connectivity index (χ0v) is 23.0. The van der Waals surface area contributed by atoms with Crippen LogP contribution in [0.1, 0.15) is 70.1 Å². The van der Waals surface area contributed by atoms with Crippen LogP contribution in [0, 0.1) is 0 Å². The van der Waals surface area contributed by atoms with Crippen molar-refractivity contribution in [3.05, 3.63) is 22.4 Å². The van der Waals surface area contributed by atoms with Gasteiger partial charge < -0.3 is 16.0 Å². The molecule has 2 fully saturated rings. The monoisotopic (exact) mass is 575 g/mol. The van der Waals surface area contributed by atoms with Gasteiger partial charge in [-0.25, -0.2) is 0 Å². The van der Waals surface area contributed by atoms with Crippen LogP contribution in [0.25, 0.3) is 0 Å². The third kappa shape index (κ3) is 8.17. The highest BCUT2D eigenvalue weighted by molar-refractivity contribution is 14.0. The molecule has 32 heavy (non-hydrogen) atoms. The summed E-state index contributed by atoms with van der Waals surface area (Å²) in [5, 5.41) is 12.3. The van der Waals surface area contributed by atoms with E-state index in [9.17, 15) is 4.79 Å². The van der Waals surface area contributed by atoms with Crippen molar-refractivity contribution in [2.24, 2.45) is 4.99 Å². The van der Waals surface area contributed by atoms with E-state index >= 15 is 0 Å². The second kappa shape index (κ2) is 14.4. The zero-order valence-electron chi connectivity index (χ0n) is 19.8. The first kappa shape index (κ1) is 27.4. The number of carbonyl (C=O) groups is 1. The summed E-state index contributed by atoms with van der Waals surface area (Å²) in [6.07, 6.45) is 9.53. The first-order chi connectivity index (χ1) is 15.1. The summed E-state index contributed by atoms with van der Waals surface area (Å²) >= 11 is 1.89. The second-order valence-corrected chi connectivity index (χ2v) is 10.0. The molecule has 1 aliphatic heterocycles. The molecule has 2 heterocycles. The Morgan fingerprint density at radius 1 is 1.19 bits per heavy atom. The SMILES string of the molecule is CCCNC(=O)CN1CCC(NC(=NCC2(c3cccs3)CCCCC2)NCC)CC1.I. The van der Waals surface area contributed by atoms with Crippen LogP contribution in [0.5, 0.6) is 0 Å². The highest BCUT2D eigenvalue weighted by atomic mass is 127. The summed E-state index contributed by atoms with van der Waals surface area (Å²) in [4.78, 5) is 20.8. The molecule has 0 atom stereocenters. The molecule has 6 nitrogen and oxygen atoms in total. The van der Waals surface area contributed by atoms with Crippen molar-refractivity contribution < 1.29 is 4.79 Å². The normalized spacial score (nSPS) is 19.8. The van der Waals surface area contributed by atoms with Gasteiger partial charge in [0.15, 0.2) is 5.96 Å². The Bertz CT molecular complexity index is 683. The number of carbonyl (C=O) groups excluding carboxylic acids is 1. The Hall–Kier alpha value is -0.870. The summed E-state index contributed by atoms with van der Waals surface area (Å²) in [6.45, 7) is 9.14. The van der Waals surface area contributed by atoms with Gasteiger partial charge in [0.1, 0.15) is 0 Å². The number of nitrogens with zero attached hydrogens (tertiary/aromatic N) is 2. The number of piperidine rings is 1. The maximum atomic E-state index is 12.0. The number of hydrogen-bond acceptors (Lipinski definition) is 4. The number of rotatable bonds is 9. The lowest BCUT2D eigenvalue weighted by atomic mass is 9.73. The fraction of sp³-hybridized carbons (Fsp3) is 0.750. The van der Waals surface area contributed by atoms with Crippen LogP contribution in [0.15, 0.2) is 22.5 Å². The highest BCUT2D eigenvalue weighted by Gasteiger charge is 2.35. The minimum Gasteiger partial charge on any atom is -0.357 e. The van der Waals surface area contributed by atoms with E-state index in [1.807, 2.05) is 11.3 Å². The number of halogens is 1. The van der Waals surface area contributed by atoms with Crippen LogP contribution in [-0.2, 0) is 10.2 Å². The quantitative estimate of drug-likeness (QED) is 0.236. The van der Waals surface area contributed by atoms with Crippen molar-refractivity contribution in [2.45, 2.75) is 76.7 Å². The molecule has 182 valence electrons. The maximum absolute atomic E-state index is 12.0. The molecular formula is C24H42IN5OS. The number of thiophene rings is 1. The second-order valence-electron chi connectivity index (χ2n) is 9.06. The average molecular weight is 576 g/mol. The topological polar surface area (TPSA) is 68.8 Å². The molecule has 2 aliphatic rings. The van der Waals surface area contributed by atoms with Gasteiger partial charge in [-0.15, -0.1) is 35.3 Å². The van der Waals surface area contributed by atoms with Gasteiger partial charge in [0.2, 0.25) is 5.91 Å². The van der Waals surface area contributed by atoms with Gasteiger partial charge >= 0.3 is 0 Å². The van der Waals surface area contributed by atoms with Crippen molar-refractivity contribution in [3.8, 4) is 0 Å². The van der Waals surface area contributed by atoms with E-state index in [-0.39, 0.29) is 35.3 Å². The third-order valence-electron chi connectivity index (χ3n) is 6.61. The molecule has 0 bridgehead atoms. The van der Waals surface area contributed by atoms with Crippen LogP contribution in [-0.4, -0.2) is 62.1 Å². The highest BCUT2D eigenvalue weighted by Crippen LogP contribution is 2.41.